The molecular weight excluding hydrogens is 446 g/mol. The number of anilines is 1. The molecule has 8 heteroatoms. The summed E-state index contributed by atoms with van der Waals surface area (Å²) in [5, 5.41) is 2.84. The molecule has 184 valence electrons. The lowest BCUT2D eigenvalue weighted by Gasteiger charge is -2.23. The summed E-state index contributed by atoms with van der Waals surface area (Å²) in [4.78, 5) is 27.4. The molecule has 0 saturated carbocycles. The van der Waals surface area contributed by atoms with E-state index < -0.39 is 0 Å². The number of carbonyl (C=O) groups excluding carboxylic acids is 2. The fourth-order valence-electron chi connectivity index (χ4n) is 3.52. The molecule has 0 heterocycles. The van der Waals surface area contributed by atoms with E-state index in [0.29, 0.717) is 54.6 Å². The van der Waals surface area contributed by atoms with Crippen LogP contribution in [0.15, 0.2) is 72.8 Å². The van der Waals surface area contributed by atoms with Gasteiger partial charge in [0.15, 0.2) is 18.1 Å². The van der Waals surface area contributed by atoms with Gasteiger partial charge >= 0.3 is 0 Å². The molecule has 35 heavy (non-hydrogen) atoms. The monoisotopic (exact) mass is 477 g/mol. The van der Waals surface area contributed by atoms with Crippen LogP contribution in [-0.4, -0.2) is 50.6 Å². The number of nitrogens with one attached hydrogen (secondary N) is 1. The van der Waals surface area contributed by atoms with E-state index in [1.54, 1.807) is 48.4 Å². The Bertz CT molecular complexity index is 1120. The van der Waals surface area contributed by atoms with Gasteiger partial charge in [-0.15, -0.1) is 0 Å². The average molecular weight is 478 g/mol. The van der Waals surface area contributed by atoms with Gasteiger partial charge in [-0.3, -0.25) is 9.59 Å². The third kappa shape index (κ3) is 7.48. The molecule has 0 bridgehead atoms. The zero-order valence-electron chi connectivity index (χ0n) is 20.0. The first-order valence-corrected chi connectivity index (χ1v) is 11.3. The van der Waals surface area contributed by atoms with Crippen molar-refractivity contribution in [1.29, 1.82) is 0 Å². The van der Waals surface area contributed by atoms with E-state index in [4.69, 9.17) is 19.9 Å². The van der Waals surface area contributed by atoms with Gasteiger partial charge in [0, 0.05) is 24.3 Å². The fourth-order valence-corrected chi connectivity index (χ4v) is 3.52. The summed E-state index contributed by atoms with van der Waals surface area (Å²) in [5.41, 5.74) is 7.70. The largest absolute Gasteiger partial charge is 0.493 e. The second-order valence-corrected chi connectivity index (χ2v) is 7.79. The molecule has 3 N–H and O–H groups in total. The number of carbonyl (C=O) groups is 2. The van der Waals surface area contributed by atoms with Crippen LogP contribution in [0, 0.1) is 0 Å². The minimum atomic E-state index is -0.271. The van der Waals surface area contributed by atoms with Crippen molar-refractivity contribution in [1.82, 2.24) is 4.90 Å². The highest BCUT2D eigenvalue weighted by atomic mass is 16.5. The molecule has 0 aromatic heterocycles. The number of hydrogen-bond acceptors (Lipinski definition) is 6. The van der Waals surface area contributed by atoms with Gasteiger partial charge in [-0.25, -0.2) is 0 Å². The smallest absolute Gasteiger partial charge is 0.262 e. The number of amides is 2. The van der Waals surface area contributed by atoms with Gasteiger partial charge in [0.1, 0.15) is 5.75 Å². The normalized spacial score (nSPS) is 10.4. The maximum absolute atomic E-state index is 13.3. The fraction of sp³-hybridized carbons (Fsp3) is 0.259. The first-order chi connectivity index (χ1) is 17.0. The van der Waals surface area contributed by atoms with Gasteiger partial charge in [-0.1, -0.05) is 30.3 Å². The van der Waals surface area contributed by atoms with Gasteiger partial charge in [0.2, 0.25) is 0 Å². The van der Waals surface area contributed by atoms with Crippen LogP contribution in [0.3, 0.4) is 0 Å². The molecule has 0 fully saturated rings. The third-order valence-electron chi connectivity index (χ3n) is 5.25. The summed E-state index contributed by atoms with van der Waals surface area (Å²) in [5.74, 6) is 1.25. The highest BCUT2D eigenvalue weighted by Gasteiger charge is 2.18. The number of benzene rings is 3. The molecule has 0 unspecified atom stereocenters. The predicted molar refractivity (Wildman–Crippen MR) is 135 cm³/mol. The Morgan fingerprint density at radius 1 is 0.914 bits per heavy atom. The number of rotatable bonds is 12. The van der Waals surface area contributed by atoms with Crippen LogP contribution in [0.4, 0.5) is 5.69 Å². The Balaban J connectivity index is 1.68. The number of nitrogens with two attached hydrogens (primary N) is 1. The van der Waals surface area contributed by atoms with Crippen molar-refractivity contribution in [2.24, 2.45) is 5.73 Å². The lowest BCUT2D eigenvalue weighted by atomic mass is 10.1. The minimum absolute atomic E-state index is 0.103. The lowest BCUT2D eigenvalue weighted by Crippen LogP contribution is -2.32. The zero-order valence-corrected chi connectivity index (χ0v) is 20.0. The highest BCUT2D eigenvalue weighted by Crippen LogP contribution is 2.28. The van der Waals surface area contributed by atoms with Crippen molar-refractivity contribution in [2.45, 2.75) is 13.0 Å². The van der Waals surface area contributed by atoms with Crippen molar-refractivity contribution in [3.8, 4) is 17.2 Å². The summed E-state index contributed by atoms with van der Waals surface area (Å²) in [6, 6.07) is 21.6. The standard InChI is InChI=1S/C27H31N3O5/c1-33-24-13-12-21(17-25(24)34-2)27(32)30(15-7-14-28)18-20-8-6-9-22(16-20)29-26(31)19-35-23-10-4-3-5-11-23/h3-6,8-13,16-17H,7,14-15,18-19,28H2,1-2H3,(H,29,31). The quantitative estimate of drug-likeness (QED) is 0.412. The summed E-state index contributed by atoms with van der Waals surface area (Å²) >= 11 is 0. The van der Waals surface area contributed by atoms with E-state index in [2.05, 4.69) is 5.32 Å². The zero-order chi connectivity index (χ0) is 25.0. The highest BCUT2D eigenvalue weighted by molar-refractivity contribution is 5.95. The van der Waals surface area contributed by atoms with Gasteiger partial charge in [0.05, 0.1) is 14.2 Å². The van der Waals surface area contributed by atoms with E-state index in [9.17, 15) is 9.59 Å². The molecule has 3 aromatic carbocycles. The van der Waals surface area contributed by atoms with E-state index in [1.807, 2.05) is 36.4 Å². The third-order valence-corrected chi connectivity index (χ3v) is 5.25. The van der Waals surface area contributed by atoms with Gasteiger partial charge in [-0.05, 0) is 61.0 Å². The minimum Gasteiger partial charge on any atom is -0.493 e. The summed E-state index contributed by atoms with van der Waals surface area (Å²) in [6.45, 7) is 1.21. The van der Waals surface area contributed by atoms with Crippen LogP contribution in [0.5, 0.6) is 17.2 Å². The summed E-state index contributed by atoms with van der Waals surface area (Å²) < 4.78 is 16.1. The van der Waals surface area contributed by atoms with Gasteiger partial charge in [-0.2, -0.15) is 0 Å². The van der Waals surface area contributed by atoms with Crippen molar-refractivity contribution >= 4 is 17.5 Å². The molecule has 0 aliphatic carbocycles. The molecule has 0 radical (unpaired) electrons. The molecule has 0 aliphatic heterocycles. The van der Waals surface area contributed by atoms with Crippen LogP contribution in [-0.2, 0) is 11.3 Å². The molecular formula is C27H31N3O5. The average Bonchev–Trinajstić information content (AvgIpc) is 2.89. The van der Waals surface area contributed by atoms with Crippen molar-refractivity contribution in [2.75, 3.05) is 39.2 Å². The number of hydrogen-bond donors (Lipinski definition) is 2. The van der Waals surface area contributed by atoms with Gasteiger partial charge < -0.3 is 30.2 Å². The van der Waals surface area contributed by atoms with Crippen molar-refractivity contribution in [3.05, 3.63) is 83.9 Å². The van der Waals surface area contributed by atoms with Crippen molar-refractivity contribution in [3.63, 3.8) is 0 Å². The van der Waals surface area contributed by atoms with Crippen LogP contribution in [0.2, 0.25) is 0 Å². The molecule has 0 saturated heterocycles. The molecule has 0 atom stereocenters. The Morgan fingerprint density at radius 3 is 2.40 bits per heavy atom. The second-order valence-electron chi connectivity index (χ2n) is 7.79. The first-order valence-electron chi connectivity index (χ1n) is 11.3. The van der Waals surface area contributed by atoms with E-state index in [1.165, 1.54) is 7.11 Å². The topological polar surface area (TPSA) is 103 Å². The summed E-state index contributed by atoms with van der Waals surface area (Å²) in [6.07, 6.45) is 0.659. The molecule has 0 spiro atoms. The van der Waals surface area contributed by atoms with Gasteiger partial charge in [0.25, 0.3) is 11.8 Å². The van der Waals surface area contributed by atoms with E-state index >= 15 is 0 Å². The Morgan fingerprint density at radius 2 is 1.69 bits per heavy atom. The predicted octanol–water partition coefficient (Wildman–Crippen LogP) is 3.71. The molecule has 3 rings (SSSR count). The number of nitrogens with zero attached hydrogens (tertiary/aromatic N) is 1. The van der Waals surface area contributed by atoms with Crippen LogP contribution >= 0.6 is 0 Å². The molecule has 8 nitrogen and oxygen atoms in total. The SMILES string of the molecule is COc1ccc(C(=O)N(CCCN)Cc2cccc(NC(=O)COc3ccccc3)c2)cc1OC. The molecule has 0 aliphatic rings. The summed E-state index contributed by atoms with van der Waals surface area (Å²) in [7, 11) is 3.08. The van der Waals surface area contributed by atoms with Crippen molar-refractivity contribution < 1.29 is 23.8 Å². The first kappa shape index (κ1) is 25.6. The van der Waals surface area contributed by atoms with Crippen LogP contribution in [0.25, 0.3) is 0 Å². The number of para-hydroxylation sites is 1. The lowest BCUT2D eigenvalue weighted by molar-refractivity contribution is -0.118. The Hall–Kier alpha value is -4.04. The number of ether oxygens (including phenoxy) is 3. The molecule has 3 aromatic rings. The second kappa shape index (κ2) is 13.0. The Labute approximate surface area is 205 Å². The maximum atomic E-state index is 13.3. The molecule has 2 amide bonds. The van der Waals surface area contributed by atoms with E-state index in [0.717, 1.165) is 5.56 Å². The van der Waals surface area contributed by atoms with Crippen LogP contribution in [0.1, 0.15) is 22.3 Å². The Kier molecular flexibility index (Phi) is 9.50. The van der Waals surface area contributed by atoms with Crippen LogP contribution < -0.4 is 25.3 Å². The maximum Gasteiger partial charge on any atom is 0.262 e. The number of methoxy groups -OCH3 is 2. The van der Waals surface area contributed by atoms with E-state index in [-0.39, 0.29) is 18.4 Å².